The van der Waals surface area contributed by atoms with E-state index in [1.54, 1.807) is 22.4 Å². The first kappa shape index (κ1) is 11.2. The van der Waals surface area contributed by atoms with Crippen LogP contribution in [0.15, 0.2) is 41.9 Å². The molecular formula is C13H12N2O2S. The number of allylic oxidation sites excluding steroid dienone is 2. The normalized spacial score (nSPS) is 24.7. The number of rotatable bonds is 3. The van der Waals surface area contributed by atoms with Crippen LogP contribution in [0.5, 0.6) is 0 Å². The molecule has 2 amide bonds. The molecular weight excluding hydrogens is 248 g/mol. The van der Waals surface area contributed by atoms with Gasteiger partial charge >= 0.3 is 0 Å². The quantitative estimate of drug-likeness (QED) is 0.826. The van der Waals surface area contributed by atoms with E-state index in [4.69, 9.17) is 0 Å². The third-order valence-electron chi connectivity index (χ3n) is 3.08. The lowest BCUT2D eigenvalue weighted by Gasteiger charge is -2.44. The van der Waals surface area contributed by atoms with Crippen molar-refractivity contribution in [3.8, 4) is 0 Å². The zero-order valence-electron chi connectivity index (χ0n) is 9.58. The van der Waals surface area contributed by atoms with Gasteiger partial charge in [-0.3, -0.25) is 9.59 Å². The number of thiophene rings is 1. The van der Waals surface area contributed by atoms with Crippen molar-refractivity contribution in [1.29, 1.82) is 0 Å². The summed E-state index contributed by atoms with van der Waals surface area (Å²) >= 11 is 1.55. The van der Waals surface area contributed by atoms with E-state index in [9.17, 15) is 9.59 Å². The number of nitrogens with zero attached hydrogens (tertiary/aromatic N) is 1. The van der Waals surface area contributed by atoms with Crippen LogP contribution in [-0.4, -0.2) is 28.8 Å². The molecule has 1 aromatic rings. The van der Waals surface area contributed by atoms with Gasteiger partial charge in [0.25, 0.3) is 5.91 Å². The minimum atomic E-state index is -0.404. The Morgan fingerprint density at radius 3 is 3.11 bits per heavy atom. The molecule has 0 aromatic carbocycles. The van der Waals surface area contributed by atoms with Gasteiger partial charge in [-0.1, -0.05) is 18.2 Å². The maximum atomic E-state index is 11.8. The highest BCUT2D eigenvalue weighted by molar-refractivity contribution is 7.10. The lowest BCUT2D eigenvalue weighted by atomic mass is 9.93. The van der Waals surface area contributed by atoms with Gasteiger partial charge in [-0.25, -0.2) is 0 Å². The smallest absolute Gasteiger partial charge is 0.252 e. The summed E-state index contributed by atoms with van der Waals surface area (Å²) in [7, 11) is 0. The molecule has 3 rings (SSSR count). The molecule has 2 aliphatic rings. The fourth-order valence-electron chi connectivity index (χ4n) is 2.17. The van der Waals surface area contributed by atoms with Crippen molar-refractivity contribution >= 4 is 23.2 Å². The molecule has 0 bridgehead atoms. The van der Waals surface area contributed by atoms with Crippen molar-refractivity contribution in [3.05, 3.63) is 46.8 Å². The van der Waals surface area contributed by atoms with Gasteiger partial charge in [-0.2, -0.15) is 0 Å². The van der Waals surface area contributed by atoms with Crippen molar-refractivity contribution in [1.82, 2.24) is 10.2 Å². The van der Waals surface area contributed by atoms with Crippen LogP contribution in [0.2, 0.25) is 0 Å². The maximum Gasteiger partial charge on any atom is 0.252 e. The SMILES string of the molecule is O=C(Cc1cccs1)N[C@@H]1C(=O)N2C=CC=C[C@@H]12. The Balaban J connectivity index is 1.60. The minimum Gasteiger partial charge on any atom is -0.342 e. The molecule has 1 saturated heterocycles. The van der Waals surface area contributed by atoms with E-state index >= 15 is 0 Å². The van der Waals surface area contributed by atoms with Crippen molar-refractivity contribution in [3.63, 3.8) is 0 Å². The van der Waals surface area contributed by atoms with Crippen molar-refractivity contribution in [2.75, 3.05) is 0 Å². The number of amides is 2. The molecule has 1 N–H and O–H groups in total. The molecule has 2 aliphatic heterocycles. The first-order valence-corrected chi connectivity index (χ1v) is 6.62. The molecule has 18 heavy (non-hydrogen) atoms. The summed E-state index contributed by atoms with van der Waals surface area (Å²) in [6.07, 6.45) is 7.73. The summed E-state index contributed by atoms with van der Waals surface area (Å²) in [6, 6.07) is 3.41. The fourth-order valence-corrected chi connectivity index (χ4v) is 2.88. The van der Waals surface area contributed by atoms with Gasteiger partial charge in [0, 0.05) is 11.1 Å². The number of hydrogen-bond donors (Lipinski definition) is 1. The first-order chi connectivity index (χ1) is 8.75. The van der Waals surface area contributed by atoms with Crippen LogP contribution in [0.1, 0.15) is 4.88 Å². The van der Waals surface area contributed by atoms with Crippen molar-refractivity contribution in [2.24, 2.45) is 0 Å². The van der Waals surface area contributed by atoms with Crippen LogP contribution in [0.3, 0.4) is 0 Å². The van der Waals surface area contributed by atoms with E-state index in [0.29, 0.717) is 6.42 Å². The Morgan fingerprint density at radius 1 is 1.44 bits per heavy atom. The molecule has 92 valence electrons. The fraction of sp³-hybridized carbons (Fsp3) is 0.231. The first-order valence-electron chi connectivity index (χ1n) is 5.74. The number of fused-ring (bicyclic) bond motifs is 1. The average Bonchev–Trinajstić information content (AvgIpc) is 2.88. The molecule has 4 nitrogen and oxygen atoms in total. The zero-order chi connectivity index (χ0) is 12.5. The molecule has 1 fully saturated rings. The highest BCUT2D eigenvalue weighted by atomic mass is 32.1. The number of carbonyl (C=O) groups is 2. The van der Waals surface area contributed by atoms with Gasteiger partial charge in [-0.15, -0.1) is 11.3 Å². The number of nitrogens with one attached hydrogen (secondary N) is 1. The molecule has 0 aliphatic carbocycles. The Labute approximate surface area is 109 Å². The Bertz CT molecular complexity index is 533. The van der Waals surface area contributed by atoms with Crippen LogP contribution in [-0.2, 0) is 16.0 Å². The second kappa shape index (κ2) is 4.42. The monoisotopic (exact) mass is 260 g/mol. The number of hydrogen-bond acceptors (Lipinski definition) is 3. The average molecular weight is 260 g/mol. The second-order valence-corrected chi connectivity index (χ2v) is 5.30. The topological polar surface area (TPSA) is 49.4 Å². The molecule has 0 spiro atoms. The Morgan fingerprint density at radius 2 is 2.33 bits per heavy atom. The van der Waals surface area contributed by atoms with Gasteiger partial charge in [-0.05, 0) is 17.5 Å². The van der Waals surface area contributed by atoms with Crippen molar-refractivity contribution < 1.29 is 9.59 Å². The van der Waals surface area contributed by atoms with Gasteiger partial charge in [0.05, 0.1) is 12.5 Å². The summed E-state index contributed by atoms with van der Waals surface area (Å²) in [5.41, 5.74) is 0. The van der Waals surface area contributed by atoms with E-state index in [0.717, 1.165) is 4.88 Å². The summed E-state index contributed by atoms with van der Waals surface area (Å²) in [5, 5.41) is 4.73. The molecule has 3 heterocycles. The summed E-state index contributed by atoms with van der Waals surface area (Å²) < 4.78 is 0. The minimum absolute atomic E-state index is 0.0187. The molecule has 2 atom stereocenters. The van der Waals surface area contributed by atoms with Gasteiger partial charge in [0.2, 0.25) is 5.91 Å². The molecule has 0 radical (unpaired) electrons. The zero-order valence-corrected chi connectivity index (χ0v) is 10.4. The van der Waals surface area contributed by atoms with Crippen molar-refractivity contribution in [2.45, 2.75) is 18.5 Å². The predicted molar refractivity (Wildman–Crippen MR) is 68.9 cm³/mol. The lowest BCUT2D eigenvalue weighted by Crippen LogP contribution is -2.68. The maximum absolute atomic E-state index is 11.8. The standard InChI is InChI=1S/C13H12N2O2S/c16-11(8-9-4-3-7-18-9)14-12-10-5-1-2-6-15(10)13(12)17/h1-7,10,12H,8H2,(H,14,16)/t10-,12-/m0/s1. The van der Waals surface area contributed by atoms with Crippen LogP contribution in [0.25, 0.3) is 0 Å². The Hall–Kier alpha value is -1.88. The van der Waals surface area contributed by atoms with E-state index < -0.39 is 6.04 Å². The number of carbonyl (C=O) groups excluding carboxylic acids is 2. The summed E-state index contributed by atoms with van der Waals surface area (Å²) in [5.74, 6) is -0.140. The molecule has 5 heteroatoms. The summed E-state index contributed by atoms with van der Waals surface area (Å²) in [6.45, 7) is 0. The highest BCUT2D eigenvalue weighted by Gasteiger charge is 2.46. The third-order valence-corrected chi connectivity index (χ3v) is 3.96. The van der Waals surface area contributed by atoms with E-state index in [1.807, 2.05) is 35.7 Å². The Kier molecular flexibility index (Phi) is 2.76. The van der Waals surface area contributed by atoms with Crippen LogP contribution >= 0.6 is 11.3 Å². The van der Waals surface area contributed by atoms with Gasteiger partial charge in [0.15, 0.2) is 0 Å². The van der Waals surface area contributed by atoms with Crippen LogP contribution in [0.4, 0.5) is 0 Å². The second-order valence-electron chi connectivity index (χ2n) is 4.26. The third kappa shape index (κ3) is 1.86. The van der Waals surface area contributed by atoms with Gasteiger partial charge in [0.1, 0.15) is 6.04 Å². The van der Waals surface area contributed by atoms with Crippen LogP contribution < -0.4 is 5.32 Å². The predicted octanol–water partition coefficient (Wildman–Crippen LogP) is 1.07. The number of β-lactam (4-membered cyclic amide) rings is 1. The summed E-state index contributed by atoms with van der Waals surface area (Å²) in [4.78, 5) is 26.2. The lowest BCUT2D eigenvalue weighted by molar-refractivity contribution is -0.146. The highest BCUT2D eigenvalue weighted by Crippen LogP contribution is 2.24. The van der Waals surface area contributed by atoms with E-state index in [1.165, 1.54) is 0 Å². The van der Waals surface area contributed by atoms with E-state index in [2.05, 4.69) is 5.32 Å². The molecule has 1 aromatic heterocycles. The van der Waals surface area contributed by atoms with Gasteiger partial charge < -0.3 is 10.2 Å². The van der Waals surface area contributed by atoms with E-state index in [-0.39, 0.29) is 17.9 Å². The largest absolute Gasteiger partial charge is 0.342 e. The molecule has 0 saturated carbocycles. The van der Waals surface area contributed by atoms with Crippen LogP contribution in [0, 0.1) is 0 Å². The molecule has 0 unspecified atom stereocenters.